The van der Waals surface area contributed by atoms with E-state index in [1.54, 1.807) is 30.3 Å². The molecule has 156 valence electrons. The molecule has 0 atom stereocenters. The third-order valence-electron chi connectivity index (χ3n) is 4.44. The van der Waals surface area contributed by atoms with Crippen molar-refractivity contribution in [3.05, 3.63) is 53.6 Å². The average molecular weight is 398 g/mol. The van der Waals surface area contributed by atoms with Crippen molar-refractivity contribution in [2.45, 2.75) is 33.1 Å². The molecule has 0 unspecified atom stereocenters. The van der Waals surface area contributed by atoms with Gasteiger partial charge in [0, 0.05) is 17.9 Å². The molecule has 2 amide bonds. The van der Waals surface area contributed by atoms with Gasteiger partial charge in [-0.25, -0.2) is 0 Å². The Bertz CT molecular complexity index is 853. The molecule has 0 aromatic heterocycles. The van der Waals surface area contributed by atoms with Crippen molar-refractivity contribution in [2.24, 2.45) is 0 Å². The summed E-state index contributed by atoms with van der Waals surface area (Å²) in [6.07, 6.45) is 0. The van der Waals surface area contributed by atoms with E-state index < -0.39 is 11.8 Å². The number of benzene rings is 2. The zero-order valence-corrected chi connectivity index (χ0v) is 18.1. The van der Waals surface area contributed by atoms with E-state index in [0.717, 1.165) is 23.4 Å². The van der Waals surface area contributed by atoms with Crippen LogP contribution in [0.25, 0.3) is 0 Å². The van der Waals surface area contributed by atoms with Crippen molar-refractivity contribution in [3.63, 3.8) is 0 Å². The van der Waals surface area contributed by atoms with Gasteiger partial charge in [-0.15, -0.1) is 0 Å². The Labute approximate surface area is 173 Å². The first kappa shape index (κ1) is 22.4. The normalized spacial score (nSPS) is 11.3. The number of nitrogens with zero attached hydrogens (tertiary/aromatic N) is 1. The van der Waals surface area contributed by atoms with Crippen LogP contribution in [0.15, 0.2) is 42.5 Å². The zero-order chi connectivity index (χ0) is 21.6. The van der Waals surface area contributed by atoms with Crippen molar-refractivity contribution in [3.8, 4) is 5.75 Å². The van der Waals surface area contributed by atoms with Crippen LogP contribution in [0.4, 0.5) is 11.4 Å². The second-order valence-electron chi connectivity index (χ2n) is 8.37. The predicted octanol–water partition coefficient (Wildman–Crippen LogP) is 3.81. The lowest BCUT2D eigenvalue weighted by atomic mass is 9.87. The van der Waals surface area contributed by atoms with Crippen LogP contribution in [0.2, 0.25) is 0 Å². The van der Waals surface area contributed by atoms with E-state index in [2.05, 4.69) is 31.4 Å². The number of hydrogen-bond acceptors (Lipinski definition) is 4. The van der Waals surface area contributed by atoms with Crippen LogP contribution in [0.1, 0.15) is 31.9 Å². The Balaban J connectivity index is 1.93. The minimum absolute atomic E-state index is 0.0279. The third-order valence-corrected chi connectivity index (χ3v) is 4.44. The molecule has 0 bridgehead atoms. The van der Waals surface area contributed by atoms with Gasteiger partial charge in [0.25, 0.3) is 0 Å². The number of anilines is 2. The van der Waals surface area contributed by atoms with E-state index in [4.69, 9.17) is 4.74 Å². The molecule has 2 aromatic carbocycles. The van der Waals surface area contributed by atoms with Crippen LogP contribution in [0.3, 0.4) is 0 Å². The lowest BCUT2D eigenvalue weighted by molar-refractivity contribution is -0.132. The summed E-state index contributed by atoms with van der Waals surface area (Å²) >= 11 is 0. The summed E-state index contributed by atoms with van der Waals surface area (Å²) in [6, 6.07) is 12.8. The highest BCUT2D eigenvalue weighted by atomic mass is 16.5. The molecule has 0 saturated carbocycles. The van der Waals surface area contributed by atoms with Gasteiger partial charge in [0.05, 0.1) is 0 Å². The largest absolute Gasteiger partial charge is 0.492 e. The molecule has 6 nitrogen and oxygen atoms in total. The summed E-state index contributed by atoms with van der Waals surface area (Å²) < 4.78 is 5.73. The molecule has 29 heavy (non-hydrogen) atoms. The summed E-state index contributed by atoms with van der Waals surface area (Å²) in [5, 5.41) is 5.25. The van der Waals surface area contributed by atoms with Crippen LogP contribution in [-0.4, -0.2) is 44.0 Å². The zero-order valence-electron chi connectivity index (χ0n) is 18.1. The maximum Gasteiger partial charge on any atom is 0.314 e. The van der Waals surface area contributed by atoms with Gasteiger partial charge >= 0.3 is 11.8 Å². The molecule has 2 rings (SSSR count). The molecule has 2 aromatic rings. The van der Waals surface area contributed by atoms with Crippen LogP contribution in [0, 0.1) is 6.92 Å². The molecular formula is C23H31N3O3. The summed E-state index contributed by atoms with van der Waals surface area (Å²) in [5.41, 5.74) is 3.20. The van der Waals surface area contributed by atoms with E-state index >= 15 is 0 Å². The summed E-state index contributed by atoms with van der Waals surface area (Å²) in [6.45, 7) is 9.65. The standard InChI is InChI=1S/C23H31N3O3/c1-16-15-19(11-12-20(16)29-14-13-26(5)6)25-22(28)21(27)24-18-9-7-17(8-10-18)23(2,3)4/h7-12,15H,13-14H2,1-6H3,(H,24,27)(H,25,28). The highest BCUT2D eigenvalue weighted by Crippen LogP contribution is 2.24. The van der Waals surface area contributed by atoms with Crippen molar-refractivity contribution < 1.29 is 14.3 Å². The molecule has 0 saturated heterocycles. The Morgan fingerprint density at radius 2 is 1.48 bits per heavy atom. The Hall–Kier alpha value is -2.86. The summed E-state index contributed by atoms with van der Waals surface area (Å²) in [4.78, 5) is 26.5. The first-order valence-electron chi connectivity index (χ1n) is 9.67. The number of carbonyl (C=O) groups excluding carboxylic acids is 2. The predicted molar refractivity (Wildman–Crippen MR) is 118 cm³/mol. The number of ether oxygens (including phenoxy) is 1. The number of nitrogens with one attached hydrogen (secondary N) is 2. The molecule has 0 heterocycles. The number of hydrogen-bond donors (Lipinski definition) is 2. The van der Waals surface area contributed by atoms with Gasteiger partial charge in [0.1, 0.15) is 12.4 Å². The molecular weight excluding hydrogens is 366 g/mol. The van der Waals surface area contributed by atoms with Gasteiger partial charge in [-0.3, -0.25) is 9.59 Å². The molecule has 0 aliphatic carbocycles. The summed E-state index contributed by atoms with van der Waals surface area (Å²) in [5.74, 6) is -0.670. The molecule has 0 aliphatic rings. The topological polar surface area (TPSA) is 70.7 Å². The first-order chi connectivity index (χ1) is 13.6. The minimum Gasteiger partial charge on any atom is -0.492 e. The van der Waals surface area contributed by atoms with E-state index in [1.165, 1.54) is 0 Å². The molecule has 0 radical (unpaired) electrons. The lowest BCUT2D eigenvalue weighted by Gasteiger charge is -2.19. The first-order valence-corrected chi connectivity index (χ1v) is 9.67. The van der Waals surface area contributed by atoms with E-state index in [1.807, 2.05) is 38.1 Å². The number of likely N-dealkylation sites (N-methyl/N-ethyl adjacent to an activating group) is 1. The molecule has 0 aliphatic heterocycles. The van der Waals surface area contributed by atoms with Crippen LogP contribution < -0.4 is 15.4 Å². The maximum atomic E-state index is 12.2. The molecule has 6 heteroatoms. The summed E-state index contributed by atoms with van der Waals surface area (Å²) in [7, 11) is 3.97. The van der Waals surface area contributed by atoms with Gasteiger partial charge in [0.15, 0.2) is 0 Å². The van der Waals surface area contributed by atoms with Crippen LogP contribution >= 0.6 is 0 Å². The number of rotatable bonds is 6. The van der Waals surface area contributed by atoms with Gasteiger partial charge < -0.3 is 20.3 Å². The number of aryl methyl sites for hydroxylation is 1. The quantitative estimate of drug-likeness (QED) is 0.727. The van der Waals surface area contributed by atoms with Gasteiger partial charge in [-0.1, -0.05) is 32.9 Å². The Kier molecular flexibility index (Phi) is 7.40. The van der Waals surface area contributed by atoms with Crippen molar-refractivity contribution in [1.82, 2.24) is 4.90 Å². The maximum absolute atomic E-state index is 12.2. The molecule has 2 N–H and O–H groups in total. The monoisotopic (exact) mass is 397 g/mol. The van der Waals surface area contributed by atoms with Gasteiger partial charge in [-0.2, -0.15) is 0 Å². The lowest BCUT2D eigenvalue weighted by Crippen LogP contribution is -2.29. The number of carbonyl (C=O) groups is 2. The second-order valence-corrected chi connectivity index (χ2v) is 8.37. The van der Waals surface area contributed by atoms with Crippen LogP contribution in [-0.2, 0) is 15.0 Å². The van der Waals surface area contributed by atoms with E-state index in [-0.39, 0.29) is 5.41 Å². The fraction of sp³-hybridized carbons (Fsp3) is 0.391. The highest BCUT2D eigenvalue weighted by Gasteiger charge is 2.16. The SMILES string of the molecule is Cc1cc(NC(=O)C(=O)Nc2ccc(C(C)(C)C)cc2)ccc1OCCN(C)C. The second kappa shape index (κ2) is 9.56. The highest BCUT2D eigenvalue weighted by molar-refractivity contribution is 6.43. The van der Waals surface area contributed by atoms with Crippen molar-refractivity contribution >= 4 is 23.2 Å². The molecule has 0 fully saturated rings. The van der Waals surface area contributed by atoms with Crippen LogP contribution in [0.5, 0.6) is 5.75 Å². The van der Waals surface area contributed by atoms with E-state index in [0.29, 0.717) is 18.0 Å². The molecule has 0 spiro atoms. The fourth-order valence-electron chi connectivity index (χ4n) is 2.66. The third kappa shape index (κ3) is 6.91. The van der Waals surface area contributed by atoms with E-state index in [9.17, 15) is 9.59 Å². The minimum atomic E-state index is -0.717. The average Bonchev–Trinajstić information content (AvgIpc) is 2.63. The fourth-order valence-corrected chi connectivity index (χ4v) is 2.66. The Morgan fingerprint density at radius 1 is 0.931 bits per heavy atom. The van der Waals surface area contributed by atoms with Gasteiger partial charge in [-0.05, 0) is 67.9 Å². The smallest absolute Gasteiger partial charge is 0.314 e. The number of amides is 2. The van der Waals surface area contributed by atoms with Gasteiger partial charge in [0.2, 0.25) is 0 Å². The van der Waals surface area contributed by atoms with Crippen molar-refractivity contribution in [1.29, 1.82) is 0 Å². The van der Waals surface area contributed by atoms with Crippen molar-refractivity contribution in [2.75, 3.05) is 37.9 Å². The Morgan fingerprint density at radius 3 is 2.00 bits per heavy atom.